The zero-order valence-electron chi connectivity index (χ0n) is 20.6. The molecule has 1 heterocycles. The number of benzene rings is 3. The third-order valence-electron chi connectivity index (χ3n) is 6.19. The van der Waals surface area contributed by atoms with E-state index in [0.717, 1.165) is 22.5 Å². The molecule has 0 radical (unpaired) electrons. The number of rotatable bonds is 10. The van der Waals surface area contributed by atoms with E-state index in [-0.39, 0.29) is 19.0 Å². The number of nitrogens with one attached hydrogen (secondary N) is 1. The molecule has 3 aromatic carbocycles. The van der Waals surface area contributed by atoms with E-state index in [1.165, 1.54) is 7.11 Å². The van der Waals surface area contributed by atoms with Crippen LogP contribution >= 0.6 is 11.6 Å². The second-order valence-electron chi connectivity index (χ2n) is 8.75. The normalized spacial score (nSPS) is 21.4. The zero-order chi connectivity index (χ0) is 26.4. The van der Waals surface area contributed by atoms with Crippen LogP contribution in [0.15, 0.2) is 72.8 Å². The van der Waals surface area contributed by atoms with Gasteiger partial charge in [-0.3, -0.25) is 4.79 Å². The lowest BCUT2D eigenvalue weighted by Gasteiger charge is -2.14. The Hall–Kier alpha value is -3.04. The summed E-state index contributed by atoms with van der Waals surface area (Å²) in [6.45, 7) is 2.31. The molecule has 1 saturated heterocycles. The van der Waals surface area contributed by atoms with Crippen molar-refractivity contribution in [2.75, 3.05) is 25.6 Å². The third kappa shape index (κ3) is 6.45. The van der Waals surface area contributed by atoms with E-state index >= 15 is 0 Å². The molecule has 4 rings (SSSR count). The first-order chi connectivity index (χ1) is 17.9. The van der Waals surface area contributed by atoms with Gasteiger partial charge in [0.15, 0.2) is 12.1 Å². The molecule has 3 aromatic rings. The Kier molecular flexibility index (Phi) is 9.10. The first-order valence-corrected chi connectivity index (χ1v) is 12.3. The van der Waals surface area contributed by atoms with Crippen LogP contribution in [0.5, 0.6) is 0 Å². The smallest absolute Gasteiger partial charge is 0.194 e. The first-order valence-electron chi connectivity index (χ1n) is 11.9. The largest absolute Gasteiger partial charge is 0.387 e. The van der Waals surface area contributed by atoms with Crippen molar-refractivity contribution in [1.29, 1.82) is 0 Å². The van der Waals surface area contributed by atoms with E-state index in [9.17, 15) is 15.0 Å². The minimum atomic E-state index is -1.10. The van der Waals surface area contributed by atoms with Gasteiger partial charge in [0.2, 0.25) is 0 Å². The van der Waals surface area contributed by atoms with Crippen LogP contribution in [0.1, 0.15) is 27.0 Å². The molecule has 194 valence electrons. The summed E-state index contributed by atoms with van der Waals surface area (Å²) >= 11 is 6.50. The molecule has 37 heavy (non-hydrogen) atoms. The molecule has 0 amide bonds. The Morgan fingerprint density at radius 1 is 1.05 bits per heavy atom. The lowest BCUT2D eigenvalue weighted by molar-refractivity contribution is -0.155. The van der Waals surface area contributed by atoms with Gasteiger partial charge in [-0.1, -0.05) is 66.2 Å². The van der Waals surface area contributed by atoms with Crippen LogP contribution in [-0.4, -0.2) is 60.9 Å². The van der Waals surface area contributed by atoms with E-state index < -0.39 is 24.6 Å². The fourth-order valence-corrected chi connectivity index (χ4v) is 4.40. The molecule has 0 aliphatic carbocycles. The van der Waals surface area contributed by atoms with Crippen molar-refractivity contribution in [3.63, 3.8) is 0 Å². The zero-order valence-corrected chi connectivity index (χ0v) is 21.4. The van der Waals surface area contributed by atoms with Gasteiger partial charge in [-0.25, -0.2) is 0 Å². The standard InChI is InChI=1S/C29H30ClNO6/c1-18-8-3-5-11-21(18)26(32)22-14-13-20(16-23(22)30)31-24-12-6-4-9-19(24)10-7-15-36-17-25-27(33)28(34)29(35-2)37-25/h3-14,16,25,27-29,31,33-34H,15,17H2,1-2H3/b10-7+/t25-,27-,28-,29-/m1/s1. The minimum absolute atomic E-state index is 0.110. The molecular weight excluding hydrogens is 494 g/mol. The van der Waals surface area contributed by atoms with Crippen LogP contribution in [0.3, 0.4) is 0 Å². The number of carbonyl (C=O) groups excluding carboxylic acids is 1. The summed E-state index contributed by atoms with van der Waals surface area (Å²) in [5.41, 5.74) is 4.52. The number of hydrogen-bond donors (Lipinski definition) is 3. The van der Waals surface area contributed by atoms with Crippen LogP contribution < -0.4 is 5.32 Å². The summed E-state index contributed by atoms with van der Waals surface area (Å²) in [7, 11) is 1.41. The van der Waals surface area contributed by atoms with Gasteiger partial charge in [0.05, 0.1) is 18.2 Å². The number of hydrogen-bond acceptors (Lipinski definition) is 7. The highest BCUT2D eigenvalue weighted by atomic mass is 35.5. The third-order valence-corrected chi connectivity index (χ3v) is 6.50. The number of ether oxygens (including phenoxy) is 3. The average Bonchev–Trinajstić information content (AvgIpc) is 3.17. The van der Waals surface area contributed by atoms with Gasteiger partial charge in [-0.2, -0.15) is 0 Å². The number of para-hydroxylation sites is 1. The Morgan fingerprint density at radius 2 is 1.81 bits per heavy atom. The Balaban J connectivity index is 1.37. The summed E-state index contributed by atoms with van der Waals surface area (Å²) < 4.78 is 16.0. The number of halogens is 1. The van der Waals surface area contributed by atoms with Crippen molar-refractivity contribution in [3.8, 4) is 0 Å². The molecule has 4 atom stereocenters. The van der Waals surface area contributed by atoms with Gasteiger partial charge >= 0.3 is 0 Å². The van der Waals surface area contributed by atoms with Crippen LogP contribution in [-0.2, 0) is 14.2 Å². The molecule has 8 heteroatoms. The maximum atomic E-state index is 13.0. The van der Waals surface area contributed by atoms with Crippen LogP contribution in [0.25, 0.3) is 6.08 Å². The number of aliphatic hydroxyl groups is 2. The van der Waals surface area contributed by atoms with Crippen molar-refractivity contribution in [3.05, 3.63) is 100 Å². The molecule has 1 fully saturated rings. The molecule has 0 saturated carbocycles. The summed E-state index contributed by atoms with van der Waals surface area (Å²) in [5.74, 6) is -0.110. The predicted octanol–water partition coefficient (Wildman–Crippen LogP) is 4.75. The highest BCUT2D eigenvalue weighted by Gasteiger charge is 2.42. The second-order valence-corrected chi connectivity index (χ2v) is 9.16. The lowest BCUT2D eigenvalue weighted by atomic mass is 9.99. The molecule has 0 aromatic heterocycles. The van der Waals surface area contributed by atoms with Gasteiger partial charge in [0.1, 0.15) is 18.3 Å². The lowest BCUT2D eigenvalue weighted by Crippen LogP contribution is -2.34. The quantitative estimate of drug-likeness (QED) is 0.261. The minimum Gasteiger partial charge on any atom is -0.387 e. The maximum absolute atomic E-state index is 13.0. The van der Waals surface area contributed by atoms with Crippen molar-refractivity contribution >= 4 is 34.8 Å². The molecular formula is C29H30ClNO6. The highest BCUT2D eigenvalue weighted by molar-refractivity contribution is 6.35. The van der Waals surface area contributed by atoms with Crippen molar-refractivity contribution < 1.29 is 29.2 Å². The number of anilines is 2. The summed E-state index contributed by atoms with van der Waals surface area (Å²) in [4.78, 5) is 13.0. The van der Waals surface area contributed by atoms with E-state index in [1.54, 1.807) is 18.2 Å². The Morgan fingerprint density at radius 3 is 2.54 bits per heavy atom. The average molecular weight is 524 g/mol. The van der Waals surface area contributed by atoms with Gasteiger partial charge in [0.25, 0.3) is 0 Å². The predicted molar refractivity (Wildman–Crippen MR) is 143 cm³/mol. The van der Waals surface area contributed by atoms with E-state index in [0.29, 0.717) is 16.1 Å². The SMILES string of the molecule is CO[C@@H]1O[C@H](COC/C=C/c2ccccc2Nc2ccc(C(=O)c3ccccc3C)c(Cl)c2)[C@@H](O)[C@H]1O. The van der Waals surface area contributed by atoms with Gasteiger partial charge in [-0.15, -0.1) is 0 Å². The number of aryl methyl sites for hydroxylation is 1. The van der Waals surface area contributed by atoms with E-state index in [1.807, 2.05) is 67.6 Å². The fraction of sp³-hybridized carbons (Fsp3) is 0.276. The van der Waals surface area contributed by atoms with E-state index in [2.05, 4.69) is 5.32 Å². The van der Waals surface area contributed by atoms with Crippen molar-refractivity contribution in [2.45, 2.75) is 31.5 Å². The van der Waals surface area contributed by atoms with Crippen molar-refractivity contribution in [1.82, 2.24) is 0 Å². The summed E-state index contributed by atoms with van der Waals surface area (Å²) in [5, 5.41) is 23.6. The number of carbonyl (C=O) groups is 1. The number of aliphatic hydroxyl groups excluding tert-OH is 2. The van der Waals surface area contributed by atoms with Gasteiger partial charge in [-0.05, 0) is 42.3 Å². The van der Waals surface area contributed by atoms with E-state index in [4.69, 9.17) is 25.8 Å². The number of ketones is 1. The first kappa shape index (κ1) is 27.0. The summed E-state index contributed by atoms with van der Waals surface area (Å²) in [6, 6.07) is 20.5. The molecule has 0 bridgehead atoms. The second kappa shape index (κ2) is 12.5. The Labute approximate surface area is 221 Å². The highest BCUT2D eigenvalue weighted by Crippen LogP contribution is 2.28. The van der Waals surface area contributed by atoms with Gasteiger partial charge in [0, 0.05) is 29.6 Å². The van der Waals surface area contributed by atoms with Crippen LogP contribution in [0, 0.1) is 6.92 Å². The number of methoxy groups -OCH3 is 1. The topological polar surface area (TPSA) is 97.2 Å². The van der Waals surface area contributed by atoms with Crippen LogP contribution in [0.2, 0.25) is 5.02 Å². The molecule has 7 nitrogen and oxygen atoms in total. The van der Waals surface area contributed by atoms with Crippen molar-refractivity contribution in [2.24, 2.45) is 0 Å². The molecule has 1 aliphatic heterocycles. The van der Waals surface area contributed by atoms with Crippen LogP contribution in [0.4, 0.5) is 11.4 Å². The Bertz CT molecular complexity index is 1260. The molecule has 0 unspecified atom stereocenters. The summed E-state index contributed by atoms with van der Waals surface area (Å²) in [6.07, 6.45) is 0.0779. The fourth-order valence-electron chi connectivity index (χ4n) is 4.14. The molecule has 0 spiro atoms. The maximum Gasteiger partial charge on any atom is 0.194 e. The molecule has 3 N–H and O–H groups in total. The van der Waals surface area contributed by atoms with Gasteiger partial charge < -0.3 is 29.7 Å². The molecule has 1 aliphatic rings. The monoisotopic (exact) mass is 523 g/mol.